The van der Waals surface area contributed by atoms with Crippen molar-refractivity contribution in [3.8, 4) is 0 Å². The van der Waals surface area contributed by atoms with Crippen molar-refractivity contribution in [3.05, 3.63) is 39.6 Å². The normalized spacial score (nSPS) is 12.1. The monoisotopic (exact) mass is 312 g/mol. The number of hydrogen-bond donors (Lipinski definition) is 1. The molecule has 0 fully saturated rings. The zero-order valence-corrected chi connectivity index (χ0v) is 9.64. The smallest absolute Gasteiger partial charge is 0.419 e. The molecule has 1 N–H and O–H groups in total. The molecule has 7 heteroatoms. The van der Waals surface area contributed by atoms with Crippen molar-refractivity contribution in [2.24, 2.45) is 0 Å². The van der Waals surface area contributed by atoms with Gasteiger partial charge in [0.05, 0.1) is 5.56 Å². The van der Waals surface area contributed by atoms with Crippen molar-refractivity contribution in [3.63, 3.8) is 0 Å². The van der Waals surface area contributed by atoms with E-state index in [2.05, 4.69) is 15.9 Å². The predicted octanol–water partition coefficient (Wildman–Crippen LogP) is 3.70. The fourth-order valence-electron chi connectivity index (χ4n) is 1.10. The van der Waals surface area contributed by atoms with Crippen LogP contribution in [0.25, 0.3) is 6.08 Å². The van der Waals surface area contributed by atoms with Crippen LogP contribution in [0.5, 0.6) is 0 Å². The molecule has 0 aliphatic carbocycles. The van der Waals surface area contributed by atoms with E-state index < -0.39 is 29.1 Å². The molecule has 0 aliphatic rings. The highest BCUT2D eigenvalue weighted by atomic mass is 79.9. The summed E-state index contributed by atoms with van der Waals surface area (Å²) in [4.78, 5) is 10.2. The number of rotatable bonds is 2. The number of carboxylic acid groups (broad SMARTS) is 1. The average molecular weight is 313 g/mol. The van der Waals surface area contributed by atoms with Crippen LogP contribution in [0.1, 0.15) is 11.1 Å². The average Bonchev–Trinajstić information content (AvgIpc) is 2.14. The zero-order chi connectivity index (χ0) is 13.2. The minimum Gasteiger partial charge on any atom is -0.478 e. The molecule has 0 aliphatic heterocycles. The first-order valence-electron chi connectivity index (χ1n) is 4.19. The molecule has 0 atom stereocenters. The lowest BCUT2D eigenvalue weighted by atomic mass is 10.1. The Bertz CT molecular complexity index is 480. The van der Waals surface area contributed by atoms with Crippen molar-refractivity contribution in [1.29, 1.82) is 0 Å². The molecule has 0 amide bonds. The SMILES string of the molecule is O=C(O)/C=C/c1c(Br)ccc(C(F)(F)F)c1F. The number of halogens is 5. The number of alkyl halides is 3. The van der Waals surface area contributed by atoms with Crippen LogP contribution in [-0.4, -0.2) is 11.1 Å². The maximum absolute atomic E-state index is 13.5. The first-order valence-corrected chi connectivity index (χ1v) is 4.99. The van der Waals surface area contributed by atoms with Gasteiger partial charge >= 0.3 is 12.1 Å². The van der Waals surface area contributed by atoms with Gasteiger partial charge in [-0.3, -0.25) is 0 Å². The van der Waals surface area contributed by atoms with Crippen molar-refractivity contribution in [2.75, 3.05) is 0 Å². The Labute approximate surface area is 102 Å². The summed E-state index contributed by atoms with van der Waals surface area (Å²) < 4.78 is 50.6. The summed E-state index contributed by atoms with van der Waals surface area (Å²) in [5.74, 6) is -2.89. The van der Waals surface area contributed by atoms with E-state index in [9.17, 15) is 22.4 Å². The lowest BCUT2D eigenvalue weighted by molar-refractivity contribution is -0.140. The van der Waals surface area contributed by atoms with Gasteiger partial charge in [0, 0.05) is 16.1 Å². The standard InChI is InChI=1S/C10H5BrF4O2/c11-7-3-2-6(10(13,14)15)9(12)5(7)1-4-8(16)17/h1-4H,(H,16,17)/b4-1+. The molecule has 0 unspecified atom stereocenters. The molecule has 0 radical (unpaired) electrons. The number of carbonyl (C=O) groups is 1. The topological polar surface area (TPSA) is 37.3 Å². The third kappa shape index (κ3) is 3.29. The highest BCUT2D eigenvalue weighted by Gasteiger charge is 2.35. The van der Waals surface area contributed by atoms with Gasteiger partial charge in [0.1, 0.15) is 5.82 Å². The van der Waals surface area contributed by atoms with Crippen molar-refractivity contribution in [1.82, 2.24) is 0 Å². The van der Waals surface area contributed by atoms with Crippen molar-refractivity contribution in [2.45, 2.75) is 6.18 Å². The molecule has 0 aromatic heterocycles. The van der Waals surface area contributed by atoms with E-state index in [1.54, 1.807) is 0 Å². The highest BCUT2D eigenvalue weighted by Crippen LogP contribution is 2.35. The highest BCUT2D eigenvalue weighted by molar-refractivity contribution is 9.10. The van der Waals surface area contributed by atoms with Gasteiger partial charge in [-0.05, 0) is 18.2 Å². The van der Waals surface area contributed by atoms with Crippen molar-refractivity contribution < 1.29 is 27.5 Å². The Hall–Kier alpha value is -1.37. The van der Waals surface area contributed by atoms with Gasteiger partial charge in [0.25, 0.3) is 0 Å². The largest absolute Gasteiger partial charge is 0.478 e. The van der Waals surface area contributed by atoms with E-state index in [1.807, 2.05) is 0 Å². The molecular formula is C10H5BrF4O2. The maximum atomic E-state index is 13.5. The first-order chi connectivity index (χ1) is 7.73. The second kappa shape index (κ2) is 4.87. The van der Waals surface area contributed by atoms with Crippen LogP contribution in [0.15, 0.2) is 22.7 Å². The minimum absolute atomic E-state index is 0.0421. The van der Waals surface area contributed by atoms with E-state index in [-0.39, 0.29) is 4.47 Å². The van der Waals surface area contributed by atoms with Gasteiger partial charge in [-0.15, -0.1) is 0 Å². The summed E-state index contributed by atoms with van der Waals surface area (Å²) in [6, 6.07) is 1.59. The lowest BCUT2D eigenvalue weighted by Gasteiger charge is -2.10. The van der Waals surface area contributed by atoms with Gasteiger partial charge in [0.15, 0.2) is 0 Å². The maximum Gasteiger partial charge on any atom is 0.419 e. The molecule has 0 spiro atoms. The third-order valence-corrected chi connectivity index (χ3v) is 2.52. The van der Waals surface area contributed by atoms with Gasteiger partial charge in [0.2, 0.25) is 0 Å². The first kappa shape index (κ1) is 13.7. The van der Waals surface area contributed by atoms with E-state index in [1.165, 1.54) is 0 Å². The van der Waals surface area contributed by atoms with Crippen LogP contribution in [0.4, 0.5) is 17.6 Å². The molecule has 0 saturated carbocycles. The summed E-state index contributed by atoms with van der Waals surface area (Å²) in [6.45, 7) is 0. The fraction of sp³-hybridized carbons (Fsp3) is 0.100. The van der Waals surface area contributed by atoms with Gasteiger partial charge in [-0.25, -0.2) is 9.18 Å². The van der Waals surface area contributed by atoms with Crippen molar-refractivity contribution >= 4 is 28.0 Å². The number of aliphatic carboxylic acids is 1. The minimum atomic E-state index is -4.82. The number of hydrogen-bond acceptors (Lipinski definition) is 1. The molecule has 17 heavy (non-hydrogen) atoms. The van der Waals surface area contributed by atoms with Gasteiger partial charge in [-0.1, -0.05) is 15.9 Å². The molecule has 1 aromatic carbocycles. The van der Waals surface area contributed by atoms with Crippen LogP contribution in [-0.2, 0) is 11.0 Å². The third-order valence-electron chi connectivity index (χ3n) is 1.82. The Morgan fingerprint density at radius 3 is 2.41 bits per heavy atom. The van der Waals surface area contributed by atoms with Gasteiger partial charge < -0.3 is 5.11 Å². The molecule has 0 saturated heterocycles. The summed E-state index contributed by atoms with van der Waals surface area (Å²) in [5.41, 5.74) is -1.90. The van der Waals surface area contributed by atoms with E-state index in [4.69, 9.17) is 5.11 Å². The quantitative estimate of drug-likeness (QED) is 0.668. The molecule has 92 valence electrons. The Morgan fingerprint density at radius 2 is 1.94 bits per heavy atom. The van der Waals surface area contributed by atoms with Crippen LogP contribution in [0.3, 0.4) is 0 Å². The van der Waals surface area contributed by atoms with Crippen LogP contribution < -0.4 is 0 Å². The van der Waals surface area contributed by atoms with E-state index >= 15 is 0 Å². The molecule has 1 aromatic rings. The molecule has 2 nitrogen and oxygen atoms in total. The summed E-state index contributed by atoms with van der Waals surface area (Å²) in [6.07, 6.45) is -3.50. The summed E-state index contributed by atoms with van der Waals surface area (Å²) >= 11 is 2.85. The van der Waals surface area contributed by atoms with E-state index in [0.717, 1.165) is 12.1 Å². The summed E-state index contributed by atoms with van der Waals surface area (Å²) in [7, 11) is 0. The fourth-order valence-corrected chi connectivity index (χ4v) is 1.53. The lowest BCUT2D eigenvalue weighted by Crippen LogP contribution is -2.09. The zero-order valence-electron chi connectivity index (χ0n) is 8.05. The second-order valence-corrected chi connectivity index (χ2v) is 3.85. The Kier molecular flexibility index (Phi) is 3.92. The van der Waals surface area contributed by atoms with E-state index in [0.29, 0.717) is 12.1 Å². The van der Waals surface area contributed by atoms with Crippen LogP contribution >= 0.6 is 15.9 Å². The molecular weight excluding hydrogens is 308 g/mol. The summed E-state index contributed by atoms with van der Waals surface area (Å²) in [5, 5.41) is 8.34. The molecule has 1 rings (SSSR count). The Balaban J connectivity index is 3.35. The van der Waals surface area contributed by atoms with Crippen LogP contribution in [0, 0.1) is 5.82 Å². The van der Waals surface area contributed by atoms with Crippen LogP contribution in [0.2, 0.25) is 0 Å². The number of carboxylic acids is 1. The second-order valence-electron chi connectivity index (χ2n) is 2.99. The molecule has 0 bridgehead atoms. The molecule has 0 heterocycles. The van der Waals surface area contributed by atoms with Gasteiger partial charge in [-0.2, -0.15) is 13.2 Å². The number of benzene rings is 1. The Morgan fingerprint density at radius 1 is 1.35 bits per heavy atom. The predicted molar refractivity (Wildman–Crippen MR) is 55.8 cm³/mol.